The van der Waals surface area contributed by atoms with Crippen molar-refractivity contribution in [3.63, 3.8) is 0 Å². The third-order valence-corrected chi connectivity index (χ3v) is 5.00. The van der Waals surface area contributed by atoms with Gasteiger partial charge in [0.05, 0.1) is 19.9 Å². The summed E-state index contributed by atoms with van der Waals surface area (Å²) in [5, 5.41) is 3.44. The molecule has 0 atom stereocenters. The van der Waals surface area contributed by atoms with Crippen LogP contribution in [0.25, 0.3) is 0 Å². The number of methoxy groups -OCH3 is 2. The molecule has 0 saturated carbocycles. The summed E-state index contributed by atoms with van der Waals surface area (Å²) in [6.45, 7) is 4.51. The van der Waals surface area contributed by atoms with Gasteiger partial charge >= 0.3 is 0 Å². The van der Waals surface area contributed by atoms with Crippen molar-refractivity contribution in [3.05, 3.63) is 17.7 Å². The second-order valence-corrected chi connectivity index (χ2v) is 6.43. The van der Waals surface area contributed by atoms with E-state index in [4.69, 9.17) is 9.47 Å². The molecular formula is C18H28N2O2. The number of nitrogens with one attached hydrogen (secondary N) is 1. The number of anilines is 1. The Morgan fingerprint density at radius 3 is 2.36 bits per heavy atom. The van der Waals surface area contributed by atoms with Crippen molar-refractivity contribution in [3.8, 4) is 11.5 Å². The number of rotatable bonds is 5. The van der Waals surface area contributed by atoms with Crippen molar-refractivity contribution >= 4 is 5.69 Å². The smallest absolute Gasteiger partial charge is 0.142 e. The zero-order chi connectivity index (χ0) is 15.4. The fourth-order valence-corrected chi connectivity index (χ4v) is 3.71. The van der Waals surface area contributed by atoms with Crippen LogP contribution in [-0.2, 0) is 6.42 Å². The molecule has 122 valence electrons. The molecule has 2 fully saturated rings. The van der Waals surface area contributed by atoms with Gasteiger partial charge in [-0.25, -0.2) is 0 Å². The normalized spacial score (nSPS) is 19.5. The number of hydrogen-bond donors (Lipinski definition) is 1. The van der Waals surface area contributed by atoms with Crippen LogP contribution in [0.2, 0.25) is 0 Å². The van der Waals surface area contributed by atoms with E-state index in [0.29, 0.717) is 0 Å². The van der Waals surface area contributed by atoms with E-state index in [0.717, 1.165) is 50.0 Å². The van der Waals surface area contributed by atoms with E-state index < -0.39 is 0 Å². The standard InChI is InChI=1S/C18H28N2O2/c1-21-17-13-16(20-9-3-4-10-20)18(22-2)12-15(17)11-14-5-7-19-8-6-14/h12-14,19H,3-11H2,1-2H3. The van der Waals surface area contributed by atoms with Gasteiger partial charge in [-0.3, -0.25) is 0 Å². The van der Waals surface area contributed by atoms with Crippen LogP contribution in [0, 0.1) is 5.92 Å². The van der Waals surface area contributed by atoms with Gasteiger partial charge in [0.1, 0.15) is 11.5 Å². The first-order valence-corrected chi connectivity index (χ1v) is 8.52. The quantitative estimate of drug-likeness (QED) is 0.907. The van der Waals surface area contributed by atoms with E-state index in [1.165, 1.54) is 36.9 Å². The molecule has 0 spiro atoms. The lowest BCUT2D eigenvalue weighted by molar-refractivity contribution is 0.359. The number of ether oxygens (including phenoxy) is 2. The minimum absolute atomic E-state index is 0.748. The molecule has 22 heavy (non-hydrogen) atoms. The Kier molecular flexibility index (Phi) is 5.08. The van der Waals surface area contributed by atoms with E-state index in [-0.39, 0.29) is 0 Å². The summed E-state index contributed by atoms with van der Waals surface area (Å²) in [6.07, 6.45) is 6.12. The Morgan fingerprint density at radius 1 is 1.05 bits per heavy atom. The van der Waals surface area contributed by atoms with Gasteiger partial charge in [-0.1, -0.05) is 0 Å². The van der Waals surface area contributed by atoms with Gasteiger partial charge in [-0.15, -0.1) is 0 Å². The monoisotopic (exact) mass is 304 g/mol. The van der Waals surface area contributed by atoms with Crippen molar-refractivity contribution in [2.45, 2.75) is 32.1 Å². The average Bonchev–Trinajstić information content (AvgIpc) is 3.09. The van der Waals surface area contributed by atoms with Crippen molar-refractivity contribution in [1.82, 2.24) is 5.32 Å². The molecule has 2 heterocycles. The molecule has 1 N–H and O–H groups in total. The van der Waals surface area contributed by atoms with Crippen molar-refractivity contribution in [2.24, 2.45) is 5.92 Å². The van der Waals surface area contributed by atoms with E-state index in [9.17, 15) is 0 Å². The maximum absolute atomic E-state index is 5.69. The Labute approximate surface area is 133 Å². The molecule has 0 radical (unpaired) electrons. The number of piperidine rings is 1. The molecule has 1 aromatic rings. The Morgan fingerprint density at radius 2 is 1.73 bits per heavy atom. The summed E-state index contributed by atoms with van der Waals surface area (Å²) in [5.74, 6) is 2.75. The maximum atomic E-state index is 5.69. The van der Waals surface area contributed by atoms with E-state index in [2.05, 4.69) is 22.3 Å². The second-order valence-electron chi connectivity index (χ2n) is 6.43. The highest BCUT2D eigenvalue weighted by atomic mass is 16.5. The third-order valence-electron chi connectivity index (χ3n) is 5.00. The zero-order valence-corrected chi connectivity index (χ0v) is 13.9. The fraction of sp³-hybridized carbons (Fsp3) is 0.667. The van der Waals surface area contributed by atoms with Crippen LogP contribution in [0.4, 0.5) is 5.69 Å². The van der Waals surface area contributed by atoms with E-state index >= 15 is 0 Å². The lowest BCUT2D eigenvalue weighted by Crippen LogP contribution is -2.28. The predicted molar refractivity (Wildman–Crippen MR) is 90.3 cm³/mol. The van der Waals surface area contributed by atoms with Gasteiger partial charge in [0.15, 0.2) is 0 Å². The number of benzene rings is 1. The van der Waals surface area contributed by atoms with Gasteiger partial charge in [0.2, 0.25) is 0 Å². The first kappa shape index (κ1) is 15.5. The highest BCUT2D eigenvalue weighted by Gasteiger charge is 2.21. The average molecular weight is 304 g/mol. The number of nitrogens with zero attached hydrogens (tertiary/aromatic N) is 1. The van der Waals surface area contributed by atoms with Gasteiger partial charge in [-0.05, 0) is 62.7 Å². The predicted octanol–water partition coefficient (Wildman–Crippen LogP) is 2.85. The topological polar surface area (TPSA) is 33.7 Å². The SMILES string of the molecule is COc1cc(N2CCCC2)c(OC)cc1CC1CCNCC1. The Bertz CT molecular complexity index is 492. The molecule has 4 nitrogen and oxygen atoms in total. The highest BCUT2D eigenvalue weighted by Crippen LogP contribution is 2.38. The molecule has 0 unspecified atom stereocenters. The zero-order valence-electron chi connectivity index (χ0n) is 13.9. The van der Waals surface area contributed by atoms with Crippen LogP contribution in [0.1, 0.15) is 31.2 Å². The summed E-state index contributed by atoms with van der Waals surface area (Å²) < 4.78 is 11.4. The van der Waals surface area contributed by atoms with Crippen molar-refractivity contribution < 1.29 is 9.47 Å². The van der Waals surface area contributed by atoms with E-state index in [1.807, 2.05) is 0 Å². The summed E-state index contributed by atoms with van der Waals surface area (Å²) in [5.41, 5.74) is 2.47. The minimum Gasteiger partial charge on any atom is -0.496 e. The first-order valence-electron chi connectivity index (χ1n) is 8.52. The minimum atomic E-state index is 0.748. The molecule has 0 aromatic heterocycles. The van der Waals surface area contributed by atoms with Gasteiger partial charge in [-0.2, -0.15) is 0 Å². The molecule has 2 saturated heterocycles. The Balaban J connectivity index is 1.85. The molecule has 0 amide bonds. The van der Waals surface area contributed by atoms with Gasteiger partial charge in [0.25, 0.3) is 0 Å². The molecule has 2 aliphatic heterocycles. The van der Waals surface area contributed by atoms with E-state index in [1.54, 1.807) is 14.2 Å². The fourth-order valence-electron chi connectivity index (χ4n) is 3.71. The lowest BCUT2D eigenvalue weighted by Gasteiger charge is -2.26. The van der Waals surface area contributed by atoms with Gasteiger partial charge < -0.3 is 19.7 Å². The summed E-state index contributed by atoms with van der Waals surface area (Å²) in [7, 11) is 3.55. The summed E-state index contributed by atoms with van der Waals surface area (Å²) >= 11 is 0. The lowest BCUT2D eigenvalue weighted by atomic mass is 9.90. The molecule has 3 rings (SSSR count). The Hall–Kier alpha value is -1.42. The third kappa shape index (κ3) is 3.32. The second kappa shape index (κ2) is 7.23. The molecule has 4 heteroatoms. The molecule has 1 aromatic carbocycles. The summed E-state index contributed by atoms with van der Waals surface area (Å²) in [6, 6.07) is 4.38. The van der Waals surface area contributed by atoms with Crippen molar-refractivity contribution in [1.29, 1.82) is 0 Å². The molecule has 0 bridgehead atoms. The molecule has 2 aliphatic rings. The van der Waals surface area contributed by atoms with Crippen LogP contribution in [0.15, 0.2) is 12.1 Å². The summed E-state index contributed by atoms with van der Waals surface area (Å²) in [4.78, 5) is 2.41. The van der Waals surface area contributed by atoms with Crippen LogP contribution in [0.3, 0.4) is 0 Å². The molecular weight excluding hydrogens is 276 g/mol. The molecule has 0 aliphatic carbocycles. The van der Waals surface area contributed by atoms with Crippen LogP contribution >= 0.6 is 0 Å². The van der Waals surface area contributed by atoms with Crippen LogP contribution < -0.4 is 19.7 Å². The number of hydrogen-bond acceptors (Lipinski definition) is 4. The first-order chi connectivity index (χ1) is 10.8. The van der Waals surface area contributed by atoms with Gasteiger partial charge in [0, 0.05) is 19.2 Å². The van der Waals surface area contributed by atoms with Crippen molar-refractivity contribution in [2.75, 3.05) is 45.3 Å². The highest BCUT2D eigenvalue weighted by molar-refractivity contribution is 5.64. The van der Waals surface area contributed by atoms with Crippen LogP contribution in [0.5, 0.6) is 11.5 Å². The van der Waals surface area contributed by atoms with Crippen LogP contribution in [-0.4, -0.2) is 40.4 Å². The maximum Gasteiger partial charge on any atom is 0.142 e. The largest absolute Gasteiger partial charge is 0.496 e.